The molecule has 25 heavy (non-hydrogen) atoms. The Labute approximate surface area is 153 Å². The maximum atomic E-state index is 11.1. The van der Waals surface area contributed by atoms with E-state index in [1.165, 1.54) is 57.4 Å². The van der Waals surface area contributed by atoms with E-state index in [0.717, 1.165) is 6.42 Å². The Kier molecular flexibility index (Phi) is 10.4. The topological polar surface area (TPSA) is 61.6 Å². The first kappa shape index (κ1) is 21.6. The van der Waals surface area contributed by atoms with Gasteiger partial charge in [0.25, 0.3) is 0 Å². The summed E-state index contributed by atoms with van der Waals surface area (Å²) < 4.78 is 11.8. The maximum absolute atomic E-state index is 11.1. The minimum Gasteiger partial charge on any atom is -0.515 e. The van der Waals surface area contributed by atoms with Gasteiger partial charge in [-0.15, -0.1) is 0 Å². The second-order valence-corrected chi connectivity index (χ2v) is 10.2. The van der Waals surface area contributed by atoms with Crippen LogP contribution >= 0.6 is 0 Å². The van der Waals surface area contributed by atoms with E-state index in [2.05, 4.69) is 6.92 Å². The Balaban J connectivity index is 2.20. The number of nitro groups is 1. The number of hydrogen-bond donors (Lipinski definition) is 0. The molecule has 0 aromatic heterocycles. The van der Waals surface area contributed by atoms with Crippen molar-refractivity contribution in [2.75, 3.05) is 6.61 Å². The molecule has 0 aliphatic rings. The molecule has 142 valence electrons. The van der Waals surface area contributed by atoms with Gasteiger partial charge in [0.2, 0.25) is 0 Å². The lowest BCUT2D eigenvalue weighted by atomic mass is 10.1. The van der Waals surface area contributed by atoms with Gasteiger partial charge in [-0.2, -0.15) is 0 Å². The lowest BCUT2D eigenvalue weighted by molar-refractivity contribution is -0.385. The van der Waals surface area contributed by atoms with Gasteiger partial charge in [-0.3, -0.25) is 10.1 Å². The minimum atomic E-state index is -2.42. The summed E-state index contributed by atoms with van der Waals surface area (Å²) in [5.41, 5.74) is -0.00486. The molecule has 6 heteroatoms. The van der Waals surface area contributed by atoms with Crippen LogP contribution in [0.2, 0.25) is 13.1 Å². The number of para-hydroxylation sites is 2. The maximum Gasteiger partial charge on any atom is 0.392 e. The van der Waals surface area contributed by atoms with Gasteiger partial charge in [0.1, 0.15) is 0 Å². The van der Waals surface area contributed by atoms with E-state index in [0.29, 0.717) is 12.4 Å². The zero-order valence-corrected chi connectivity index (χ0v) is 17.0. The molecule has 0 spiro atoms. The SMILES string of the molecule is CCCCCCCCCCCO[Si](C)(C)Oc1ccccc1[N+](=O)[O-]. The van der Waals surface area contributed by atoms with Crippen molar-refractivity contribution in [2.24, 2.45) is 0 Å². The van der Waals surface area contributed by atoms with Gasteiger partial charge in [-0.1, -0.05) is 70.4 Å². The molecule has 0 N–H and O–H groups in total. The van der Waals surface area contributed by atoms with E-state index in [4.69, 9.17) is 8.85 Å². The van der Waals surface area contributed by atoms with Crippen molar-refractivity contribution in [3.63, 3.8) is 0 Å². The molecule has 0 aliphatic carbocycles. The highest BCUT2D eigenvalue weighted by atomic mass is 28.4. The second-order valence-electron chi connectivity index (χ2n) is 6.90. The van der Waals surface area contributed by atoms with Gasteiger partial charge in [0.15, 0.2) is 5.75 Å². The fourth-order valence-electron chi connectivity index (χ4n) is 2.72. The molecular weight excluding hydrogens is 334 g/mol. The molecule has 1 aromatic rings. The normalized spacial score (nSPS) is 11.5. The molecule has 0 heterocycles. The number of nitro benzene ring substituents is 1. The van der Waals surface area contributed by atoms with Crippen molar-refractivity contribution in [2.45, 2.75) is 77.8 Å². The Bertz CT molecular complexity index is 508. The van der Waals surface area contributed by atoms with Crippen molar-refractivity contribution < 1.29 is 13.8 Å². The van der Waals surface area contributed by atoms with Crippen LogP contribution in [0.5, 0.6) is 5.75 Å². The molecule has 0 unspecified atom stereocenters. The monoisotopic (exact) mass is 367 g/mol. The zero-order valence-electron chi connectivity index (χ0n) is 16.0. The summed E-state index contributed by atoms with van der Waals surface area (Å²) in [6.45, 7) is 6.76. The van der Waals surface area contributed by atoms with Crippen molar-refractivity contribution in [3.8, 4) is 5.75 Å². The van der Waals surface area contributed by atoms with Crippen LogP contribution < -0.4 is 4.43 Å². The molecule has 0 fully saturated rings. The third kappa shape index (κ3) is 9.60. The predicted molar refractivity (Wildman–Crippen MR) is 104 cm³/mol. The van der Waals surface area contributed by atoms with Crippen LogP contribution in [-0.2, 0) is 4.43 Å². The number of hydrogen-bond acceptors (Lipinski definition) is 4. The number of benzene rings is 1. The summed E-state index contributed by atoms with van der Waals surface area (Å²) in [5, 5.41) is 11.1. The average molecular weight is 368 g/mol. The molecule has 0 bridgehead atoms. The Morgan fingerprint density at radius 1 is 0.960 bits per heavy atom. The second kappa shape index (κ2) is 12.0. The number of nitrogens with zero attached hydrogens (tertiary/aromatic N) is 1. The van der Waals surface area contributed by atoms with Gasteiger partial charge in [-0.25, -0.2) is 0 Å². The van der Waals surface area contributed by atoms with Gasteiger partial charge in [-0.05, 0) is 25.6 Å². The molecule has 0 saturated heterocycles. The molecule has 0 aliphatic heterocycles. The smallest absolute Gasteiger partial charge is 0.392 e. The Morgan fingerprint density at radius 3 is 2.12 bits per heavy atom. The summed E-state index contributed by atoms with van der Waals surface area (Å²) in [5.74, 6) is 0.302. The highest BCUT2D eigenvalue weighted by molar-refractivity contribution is 6.65. The van der Waals surface area contributed by atoms with E-state index in [9.17, 15) is 10.1 Å². The van der Waals surface area contributed by atoms with Gasteiger partial charge < -0.3 is 8.85 Å². The molecule has 0 saturated carbocycles. The summed E-state index contributed by atoms with van der Waals surface area (Å²) in [4.78, 5) is 10.6. The minimum absolute atomic E-state index is 0.00486. The lowest BCUT2D eigenvalue weighted by Gasteiger charge is -2.23. The van der Waals surface area contributed by atoms with Crippen LogP contribution in [0.4, 0.5) is 5.69 Å². The first-order valence-electron chi connectivity index (χ1n) is 9.52. The van der Waals surface area contributed by atoms with Crippen LogP contribution in [0.1, 0.15) is 64.7 Å². The van der Waals surface area contributed by atoms with Crippen LogP contribution in [0.15, 0.2) is 24.3 Å². The van der Waals surface area contributed by atoms with Crippen LogP contribution in [0.3, 0.4) is 0 Å². The quantitative estimate of drug-likeness (QED) is 0.169. The first-order chi connectivity index (χ1) is 12.0. The van der Waals surface area contributed by atoms with Gasteiger partial charge >= 0.3 is 14.2 Å². The standard InChI is InChI=1S/C19H33NO4Si/c1-4-5-6-7-8-9-10-11-14-17-23-25(2,3)24-19-16-13-12-15-18(19)20(21)22/h12-13,15-16H,4-11,14,17H2,1-3H3. The van der Waals surface area contributed by atoms with E-state index >= 15 is 0 Å². The fraction of sp³-hybridized carbons (Fsp3) is 0.684. The Hall–Kier alpha value is -1.40. The van der Waals surface area contributed by atoms with Gasteiger partial charge in [0, 0.05) is 12.7 Å². The van der Waals surface area contributed by atoms with Gasteiger partial charge in [0.05, 0.1) is 4.92 Å². The van der Waals surface area contributed by atoms with Crippen molar-refractivity contribution in [1.29, 1.82) is 0 Å². The molecule has 5 nitrogen and oxygen atoms in total. The predicted octanol–water partition coefficient (Wildman–Crippen LogP) is 6.22. The molecule has 0 atom stereocenters. The first-order valence-corrected chi connectivity index (χ1v) is 12.3. The Morgan fingerprint density at radius 2 is 1.52 bits per heavy atom. The van der Waals surface area contributed by atoms with Crippen molar-refractivity contribution in [1.82, 2.24) is 0 Å². The number of rotatable bonds is 14. The van der Waals surface area contributed by atoms with Crippen LogP contribution in [0, 0.1) is 10.1 Å². The van der Waals surface area contributed by atoms with E-state index in [-0.39, 0.29) is 5.69 Å². The van der Waals surface area contributed by atoms with E-state index in [1.54, 1.807) is 18.2 Å². The summed E-state index contributed by atoms with van der Waals surface area (Å²) in [6.07, 6.45) is 11.5. The largest absolute Gasteiger partial charge is 0.515 e. The van der Waals surface area contributed by atoms with Crippen molar-refractivity contribution >= 4 is 14.2 Å². The van der Waals surface area contributed by atoms with Crippen LogP contribution in [-0.4, -0.2) is 20.1 Å². The average Bonchev–Trinajstić information content (AvgIpc) is 2.56. The fourth-order valence-corrected chi connectivity index (χ4v) is 4.12. The van der Waals surface area contributed by atoms with E-state index < -0.39 is 13.5 Å². The van der Waals surface area contributed by atoms with E-state index in [1.807, 2.05) is 13.1 Å². The molecular formula is C19H33NO4Si. The molecule has 0 amide bonds. The van der Waals surface area contributed by atoms with Crippen LogP contribution in [0.25, 0.3) is 0 Å². The summed E-state index contributed by atoms with van der Waals surface area (Å²) in [7, 11) is -2.42. The summed E-state index contributed by atoms with van der Waals surface area (Å²) >= 11 is 0. The third-order valence-electron chi connectivity index (χ3n) is 4.12. The molecule has 1 rings (SSSR count). The van der Waals surface area contributed by atoms with Crippen molar-refractivity contribution in [3.05, 3.63) is 34.4 Å². The third-order valence-corrected chi connectivity index (χ3v) is 5.73. The number of unbranched alkanes of at least 4 members (excludes halogenated alkanes) is 8. The highest BCUT2D eigenvalue weighted by Crippen LogP contribution is 2.28. The zero-order chi connectivity index (χ0) is 18.5. The highest BCUT2D eigenvalue weighted by Gasteiger charge is 2.29. The molecule has 0 radical (unpaired) electrons. The molecule has 1 aromatic carbocycles. The lowest BCUT2D eigenvalue weighted by Crippen LogP contribution is -2.38. The summed E-state index contributed by atoms with van der Waals surface area (Å²) in [6, 6.07) is 6.48.